The van der Waals surface area contributed by atoms with Crippen molar-refractivity contribution in [3.05, 3.63) is 23.9 Å². The zero-order valence-electron chi connectivity index (χ0n) is 7.73. The van der Waals surface area contributed by atoms with E-state index < -0.39 is 5.97 Å². The fourth-order valence-electron chi connectivity index (χ4n) is 1.28. The highest BCUT2D eigenvalue weighted by Gasteiger charge is 2.21. The summed E-state index contributed by atoms with van der Waals surface area (Å²) in [5.41, 5.74) is 0.244. The van der Waals surface area contributed by atoms with Crippen molar-refractivity contribution >= 4 is 11.8 Å². The second-order valence-corrected chi connectivity index (χ2v) is 3.53. The van der Waals surface area contributed by atoms with Gasteiger partial charge in [0.15, 0.2) is 0 Å². The van der Waals surface area contributed by atoms with Crippen molar-refractivity contribution < 1.29 is 9.90 Å². The van der Waals surface area contributed by atoms with E-state index in [1.165, 1.54) is 12.8 Å². The third-order valence-electron chi connectivity index (χ3n) is 2.29. The fraction of sp³-hybridized carbons (Fsp3) is 0.400. The van der Waals surface area contributed by atoms with Gasteiger partial charge in [-0.2, -0.15) is 0 Å². The van der Waals surface area contributed by atoms with E-state index in [4.69, 9.17) is 5.11 Å². The average Bonchev–Trinajstić information content (AvgIpc) is 2.98. The lowest BCUT2D eigenvalue weighted by atomic mass is 10.2. The molecule has 0 saturated heterocycles. The molecule has 0 aliphatic heterocycles. The average molecular weight is 192 g/mol. The summed E-state index contributed by atoms with van der Waals surface area (Å²) in [4.78, 5) is 14.8. The standard InChI is InChI=1S/C10H12N2O2/c13-10(14)8-2-1-5-11-9(8)12-6-7-3-4-7/h1-2,5,7H,3-4,6H2,(H,11,12)(H,13,14). The van der Waals surface area contributed by atoms with Crippen LogP contribution in [0.5, 0.6) is 0 Å². The van der Waals surface area contributed by atoms with Gasteiger partial charge in [-0.3, -0.25) is 0 Å². The first-order valence-corrected chi connectivity index (χ1v) is 4.69. The van der Waals surface area contributed by atoms with Crippen molar-refractivity contribution in [2.45, 2.75) is 12.8 Å². The lowest BCUT2D eigenvalue weighted by Gasteiger charge is -2.06. The summed E-state index contributed by atoms with van der Waals surface area (Å²) < 4.78 is 0. The quantitative estimate of drug-likeness (QED) is 0.760. The summed E-state index contributed by atoms with van der Waals surface area (Å²) in [6.07, 6.45) is 4.08. The molecular weight excluding hydrogens is 180 g/mol. The Morgan fingerprint density at radius 2 is 2.43 bits per heavy atom. The summed E-state index contributed by atoms with van der Waals surface area (Å²) in [6.45, 7) is 0.831. The molecule has 1 aliphatic carbocycles. The van der Waals surface area contributed by atoms with E-state index in [9.17, 15) is 4.79 Å². The lowest BCUT2D eigenvalue weighted by Crippen LogP contribution is -2.10. The van der Waals surface area contributed by atoms with Crippen LogP contribution in [0.4, 0.5) is 5.82 Å². The molecule has 0 atom stereocenters. The number of aromatic carboxylic acids is 1. The molecule has 0 aromatic carbocycles. The molecule has 4 heteroatoms. The first kappa shape index (κ1) is 8.99. The highest BCUT2D eigenvalue weighted by atomic mass is 16.4. The van der Waals surface area contributed by atoms with Crippen LogP contribution >= 0.6 is 0 Å². The van der Waals surface area contributed by atoms with Gasteiger partial charge in [0.25, 0.3) is 0 Å². The van der Waals surface area contributed by atoms with E-state index in [0.29, 0.717) is 11.7 Å². The molecule has 0 amide bonds. The number of carboxylic acids is 1. The number of carbonyl (C=O) groups is 1. The minimum atomic E-state index is -0.934. The van der Waals surface area contributed by atoms with E-state index >= 15 is 0 Å². The maximum atomic E-state index is 10.8. The van der Waals surface area contributed by atoms with Gasteiger partial charge in [0.1, 0.15) is 11.4 Å². The van der Waals surface area contributed by atoms with E-state index in [0.717, 1.165) is 6.54 Å². The van der Waals surface area contributed by atoms with Gasteiger partial charge in [0.2, 0.25) is 0 Å². The molecule has 2 rings (SSSR count). The smallest absolute Gasteiger partial charge is 0.339 e. The van der Waals surface area contributed by atoms with Gasteiger partial charge in [-0.05, 0) is 30.9 Å². The van der Waals surface area contributed by atoms with Crippen LogP contribution in [0.15, 0.2) is 18.3 Å². The minimum Gasteiger partial charge on any atom is -0.478 e. The SMILES string of the molecule is O=C(O)c1cccnc1NCC1CC1. The molecule has 1 saturated carbocycles. The van der Waals surface area contributed by atoms with Gasteiger partial charge in [0.05, 0.1) is 0 Å². The van der Waals surface area contributed by atoms with Crippen LogP contribution in [0.1, 0.15) is 23.2 Å². The predicted molar refractivity (Wildman–Crippen MR) is 52.4 cm³/mol. The van der Waals surface area contributed by atoms with Crippen LogP contribution < -0.4 is 5.32 Å². The topological polar surface area (TPSA) is 62.2 Å². The summed E-state index contributed by atoms with van der Waals surface area (Å²) in [6, 6.07) is 3.19. The number of hydrogen-bond acceptors (Lipinski definition) is 3. The highest BCUT2D eigenvalue weighted by molar-refractivity contribution is 5.92. The first-order chi connectivity index (χ1) is 6.77. The number of pyridine rings is 1. The Kier molecular flexibility index (Phi) is 2.35. The highest BCUT2D eigenvalue weighted by Crippen LogP contribution is 2.29. The molecule has 1 aromatic heterocycles. The number of nitrogens with one attached hydrogen (secondary N) is 1. The number of aromatic nitrogens is 1. The number of hydrogen-bond donors (Lipinski definition) is 2. The molecular formula is C10H12N2O2. The zero-order valence-corrected chi connectivity index (χ0v) is 7.73. The van der Waals surface area contributed by atoms with Crippen molar-refractivity contribution in [1.29, 1.82) is 0 Å². The molecule has 1 aliphatic rings. The predicted octanol–water partition coefficient (Wildman–Crippen LogP) is 1.60. The number of anilines is 1. The Hall–Kier alpha value is -1.58. The number of rotatable bonds is 4. The van der Waals surface area contributed by atoms with Gasteiger partial charge in [-0.1, -0.05) is 0 Å². The van der Waals surface area contributed by atoms with Crippen LogP contribution in [0.3, 0.4) is 0 Å². The van der Waals surface area contributed by atoms with Crippen LogP contribution in [0, 0.1) is 5.92 Å². The Bertz CT molecular complexity index is 348. The molecule has 1 aromatic rings. The second-order valence-electron chi connectivity index (χ2n) is 3.53. The van der Waals surface area contributed by atoms with Crippen molar-refractivity contribution in [1.82, 2.24) is 4.98 Å². The third-order valence-corrected chi connectivity index (χ3v) is 2.29. The van der Waals surface area contributed by atoms with Gasteiger partial charge < -0.3 is 10.4 Å². The Morgan fingerprint density at radius 3 is 3.07 bits per heavy atom. The Balaban J connectivity index is 2.09. The summed E-state index contributed by atoms with van der Waals surface area (Å²) in [5.74, 6) is 0.252. The van der Waals surface area contributed by atoms with Crippen LogP contribution in [-0.2, 0) is 0 Å². The van der Waals surface area contributed by atoms with Crippen LogP contribution in [0.2, 0.25) is 0 Å². The van der Waals surface area contributed by atoms with Crippen LogP contribution in [0.25, 0.3) is 0 Å². The third kappa shape index (κ3) is 2.02. The van der Waals surface area contributed by atoms with Crippen LogP contribution in [-0.4, -0.2) is 22.6 Å². The molecule has 2 N–H and O–H groups in total. The van der Waals surface area contributed by atoms with Gasteiger partial charge >= 0.3 is 5.97 Å². The van der Waals surface area contributed by atoms with E-state index in [-0.39, 0.29) is 5.56 Å². The molecule has 0 radical (unpaired) electrons. The summed E-state index contributed by atoms with van der Waals surface area (Å²) in [7, 11) is 0. The summed E-state index contributed by atoms with van der Waals surface area (Å²) >= 11 is 0. The lowest BCUT2D eigenvalue weighted by molar-refractivity contribution is 0.0697. The minimum absolute atomic E-state index is 0.244. The molecule has 0 spiro atoms. The molecule has 14 heavy (non-hydrogen) atoms. The van der Waals surface area contributed by atoms with Gasteiger partial charge in [-0.25, -0.2) is 9.78 Å². The Morgan fingerprint density at radius 1 is 1.64 bits per heavy atom. The molecule has 0 bridgehead atoms. The maximum absolute atomic E-state index is 10.8. The Labute approximate surface area is 82.0 Å². The maximum Gasteiger partial charge on any atom is 0.339 e. The normalized spacial score (nSPS) is 15.1. The molecule has 4 nitrogen and oxygen atoms in total. The number of nitrogens with zero attached hydrogens (tertiary/aromatic N) is 1. The van der Waals surface area contributed by atoms with Gasteiger partial charge in [-0.15, -0.1) is 0 Å². The first-order valence-electron chi connectivity index (χ1n) is 4.69. The molecule has 1 heterocycles. The fourth-order valence-corrected chi connectivity index (χ4v) is 1.28. The zero-order chi connectivity index (χ0) is 9.97. The number of carboxylic acid groups (broad SMARTS) is 1. The molecule has 1 fully saturated rings. The van der Waals surface area contributed by atoms with Crippen molar-refractivity contribution in [2.24, 2.45) is 5.92 Å². The van der Waals surface area contributed by atoms with Gasteiger partial charge in [0, 0.05) is 12.7 Å². The molecule has 0 unspecified atom stereocenters. The molecule has 74 valence electrons. The van der Waals surface area contributed by atoms with Crippen molar-refractivity contribution in [3.63, 3.8) is 0 Å². The van der Waals surface area contributed by atoms with E-state index in [1.54, 1.807) is 18.3 Å². The van der Waals surface area contributed by atoms with Crippen molar-refractivity contribution in [3.8, 4) is 0 Å². The monoisotopic (exact) mass is 192 g/mol. The van der Waals surface area contributed by atoms with E-state index in [1.807, 2.05) is 0 Å². The summed E-state index contributed by atoms with van der Waals surface area (Å²) in [5, 5.41) is 11.9. The largest absolute Gasteiger partial charge is 0.478 e. The van der Waals surface area contributed by atoms with E-state index in [2.05, 4.69) is 10.3 Å². The second kappa shape index (κ2) is 3.65. The van der Waals surface area contributed by atoms with Crippen molar-refractivity contribution in [2.75, 3.05) is 11.9 Å².